The van der Waals surface area contributed by atoms with E-state index in [1.807, 2.05) is 6.20 Å². The van der Waals surface area contributed by atoms with Crippen molar-refractivity contribution < 1.29 is 5.11 Å². The summed E-state index contributed by atoms with van der Waals surface area (Å²) >= 11 is 0. The largest absolute Gasteiger partial charge is 0.396 e. The number of hydrogen-bond donors (Lipinski definition) is 3. The third-order valence-electron chi connectivity index (χ3n) is 4.56. The molecule has 0 fully saturated rings. The third-order valence-corrected chi connectivity index (χ3v) is 4.56. The predicted octanol–water partition coefficient (Wildman–Crippen LogP) is 3.65. The number of nitrogens with one attached hydrogen (secondary N) is 2. The van der Waals surface area contributed by atoms with Crippen LogP contribution in [0.3, 0.4) is 0 Å². The summed E-state index contributed by atoms with van der Waals surface area (Å²) in [6.07, 6.45) is 3.83. The fourth-order valence-electron chi connectivity index (χ4n) is 3.15. The van der Waals surface area contributed by atoms with Crippen molar-refractivity contribution >= 4 is 35.8 Å². The molecule has 1 aromatic heterocycles. The Morgan fingerprint density at radius 1 is 1.18 bits per heavy atom. The second-order valence-corrected chi connectivity index (χ2v) is 7.28. The number of guanidine groups is 1. The summed E-state index contributed by atoms with van der Waals surface area (Å²) in [6.45, 7) is 15.2. The van der Waals surface area contributed by atoms with Crippen LogP contribution in [0, 0.1) is 11.8 Å². The second-order valence-electron chi connectivity index (χ2n) is 7.28. The molecule has 0 saturated carbocycles. The maximum atomic E-state index is 9.28. The van der Waals surface area contributed by atoms with E-state index in [9.17, 15) is 5.11 Å². The van der Waals surface area contributed by atoms with Gasteiger partial charge in [0.05, 0.1) is 6.54 Å². The molecular formula is C21H40IN5O. The van der Waals surface area contributed by atoms with Crippen LogP contribution in [0.25, 0.3) is 0 Å². The van der Waals surface area contributed by atoms with Gasteiger partial charge in [0.2, 0.25) is 0 Å². The molecule has 1 unspecified atom stereocenters. The van der Waals surface area contributed by atoms with E-state index in [1.165, 1.54) is 0 Å². The molecule has 7 heteroatoms. The monoisotopic (exact) mass is 505 g/mol. The summed E-state index contributed by atoms with van der Waals surface area (Å²) in [4.78, 5) is 11.5. The first-order valence-electron chi connectivity index (χ1n) is 10.4. The van der Waals surface area contributed by atoms with Crippen molar-refractivity contribution in [1.82, 2.24) is 15.6 Å². The van der Waals surface area contributed by atoms with Crippen molar-refractivity contribution in [3.05, 3.63) is 23.9 Å². The molecule has 162 valence electrons. The Hall–Kier alpha value is -1.09. The molecule has 6 nitrogen and oxygen atoms in total. The molecule has 0 radical (unpaired) electrons. The van der Waals surface area contributed by atoms with Crippen molar-refractivity contribution in [3.63, 3.8) is 0 Å². The summed E-state index contributed by atoms with van der Waals surface area (Å²) in [6, 6.07) is 4.17. The number of anilines is 1. The van der Waals surface area contributed by atoms with Crippen LogP contribution in [0.4, 0.5) is 5.82 Å². The minimum atomic E-state index is 0. The Morgan fingerprint density at radius 2 is 1.89 bits per heavy atom. The average Bonchev–Trinajstić information content (AvgIpc) is 2.65. The maximum Gasteiger partial charge on any atom is 0.191 e. The fourth-order valence-corrected chi connectivity index (χ4v) is 3.15. The van der Waals surface area contributed by atoms with Gasteiger partial charge in [0, 0.05) is 39.0 Å². The van der Waals surface area contributed by atoms with Crippen molar-refractivity contribution in [2.75, 3.05) is 37.7 Å². The van der Waals surface area contributed by atoms with E-state index in [4.69, 9.17) is 0 Å². The van der Waals surface area contributed by atoms with Crippen molar-refractivity contribution in [3.8, 4) is 0 Å². The number of halogens is 1. The van der Waals surface area contributed by atoms with Crippen LogP contribution in [-0.4, -0.2) is 48.8 Å². The van der Waals surface area contributed by atoms with Crippen LogP contribution in [0.1, 0.15) is 53.0 Å². The van der Waals surface area contributed by atoms with Gasteiger partial charge in [-0.25, -0.2) is 9.98 Å². The van der Waals surface area contributed by atoms with E-state index in [0.717, 1.165) is 56.4 Å². The zero-order valence-corrected chi connectivity index (χ0v) is 20.6. The smallest absolute Gasteiger partial charge is 0.191 e. The zero-order chi connectivity index (χ0) is 20.1. The normalized spacial score (nSPS) is 12.5. The first-order valence-corrected chi connectivity index (χ1v) is 10.4. The van der Waals surface area contributed by atoms with Gasteiger partial charge in [-0.2, -0.15) is 0 Å². The Balaban J connectivity index is 0.00000729. The van der Waals surface area contributed by atoms with Gasteiger partial charge < -0.3 is 20.6 Å². The first kappa shape index (κ1) is 26.9. The SMILES string of the molecule is CCNC(=NCc1ccc(N(CC)CC)nc1)NCC(CCO)CC(C)C.I. The number of aliphatic hydroxyl groups excluding tert-OH is 1. The second kappa shape index (κ2) is 15.8. The summed E-state index contributed by atoms with van der Waals surface area (Å²) < 4.78 is 0. The lowest BCUT2D eigenvalue weighted by atomic mass is 9.94. The summed E-state index contributed by atoms with van der Waals surface area (Å²) in [5.41, 5.74) is 1.09. The quantitative estimate of drug-likeness (QED) is 0.230. The molecule has 0 aliphatic carbocycles. The maximum absolute atomic E-state index is 9.28. The van der Waals surface area contributed by atoms with E-state index < -0.39 is 0 Å². The molecule has 3 N–H and O–H groups in total. The highest BCUT2D eigenvalue weighted by atomic mass is 127. The van der Waals surface area contributed by atoms with Gasteiger partial charge in [-0.15, -0.1) is 24.0 Å². The molecule has 0 amide bonds. The number of pyridine rings is 1. The van der Waals surface area contributed by atoms with Gasteiger partial charge in [-0.05, 0) is 57.1 Å². The Kier molecular flexibility index (Phi) is 15.2. The van der Waals surface area contributed by atoms with Crippen LogP contribution < -0.4 is 15.5 Å². The third kappa shape index (κ3) is 10.5. The molecule has 0 aromatic carbocycles. The lowest BCUT2D eigenvalue weighted by Crippen LogP contribution is -2.40. The number of aliphatic imine (C=N–C) groups is 1. The van der Waals surface area contributed by atoms with E-state index in [0.29, 0.717) is 18.4 Å². The Morgan fingerprint density at radius 3 is 2.39 bits per heavy atom. The van der Waals surface area contributed by atoms with Crippen LogP contribution in [0.15, 0.2) is 23.3 Å². The number of aliphatic hydroxyl groups is 1. The van der Waals surface area contributed by atoms with Crippen molar-refractivity contribution in [2.45, 2.75) is 54.0 Å². The van der Waals surface area contributed by atoms with Crippen LogP contribution in [-0.2, 0) is 6.54 Å². The van der Waals surface area contributed by atoms with Gasteiger partial charge in [0.25, 0.3) is 0 Å². The topological polar surface area (TPSA) is 72.8 Å². The minimum Gasteiger partial charge on any atom is -0.396 e. The highest BCUT2D eigenvalue weighted by Gasteiger charge is 2.11. The minimum absolute atomic E-state index is 0. The van der Waals surface area contributed by atoms with Gasteiger partial charge in [-0.3, -0.25) is 0 Å². The van der Waals surface area contributed by atoms with E-state index >= 15 is 0 Å². The van der Waals surface area contributed by atoms with Crippen molar-refractivity contribution in [1.29, 1.82) is 0 Å². The summed E-state index contributed by atoms with van der Waals surface area (Å²) in [7, 11) is 0. The average molecular weight is 505 g/mol. The van der Waals surface area contributed by atoms with Gasteiger partial charge >= 0.3 is 0 Å². The molecule has 1 heterocycles. The van der Waals surface area contributed by atoms with E-state index in [-0.39, 0.29) is 30.6 Å². The van der Waals surface area contributed by atoms with Crippen LogP contribution >= 0.6 is 24.0 Å². The lowest BCUT2D eigenvalue weighted by molar-refractivity contribution is 0.243. The number of hydrogen-bond acceptors (Lipinski definition) is 4. The summed E-state index contributed by atoms with van der Waals surface area (Å²) in [5, 5.41) is 16.0. The predicted molar refractivity (Wildman–Crippen MR) is 131 cm³/mol. The molecule has 0 aliphatic rings. The fraction of sp³-hybridized carbons (Fsp3) is 0.714. The van der Waals surface area contributed by atoms with Gasteiger partial charge in [-0.1, -0.05) is 19.9 Å². The molecule has 1 aromatic rings. The standard InChI is InChI=1S/C21H39N5O.HI/c1-6-22-21(24-14-18(11-12-27)13-17(4)5)25-16-19-9-10-20(23-15-19)26(7-2)8-3;/h9-10,15,17-18,27H,6-8,11-14,16H2,1-5H3,(H2,22,24,25);1H. The molecule has 0 saturated heterocycles. The number of nitrogens with zero attached hydrogens (tertiary/aromatic N) is 3. The van der Waals surface area contributed by atoms with Crippen LogP contribution in [0.2, 0.25) is 0 Å². The van der Waals surface area contributed by atoms with Gasteiger partial charge in [0.15, 0.2) is 5.96 Å². The molecule has 0 spiro atoms. The van der Waals surface area contributed by atoms with Crippen molar-refractivity contribution in [2.24, 2.45) is 16.8 Å². The summed E-state index contributed by atoms with van der Waals surface area (Å²) in [5.74, 6) is 2.91. The Labute approximate surface area is 188 Å². The molecule has 0 bridgehead atoms. The van der Waals surface area contributed by atoms with Gasteiger partial charge in [0.1, 0.15) is 5.82 Å². The molecule has 1 atom stereocenters. The van der Waals surface area contributed by atoms with E-state index in [1.54, 1.807) is 0 Å². The highest BCUT2D eigenvalue weighted by molar-refractivity contribution is 14.0. The highest BCUT2D eigenvalue weighted by Crippen LogP contribution is 2.14. The zero-order valence-electron chi connectivity index (χ0n) is 18.2. The van der Waals surface area contributed by atoms with Crippen LogP contribution in [0.5, 0.6) is 0 Å². The number of aromatic nitrogens is 1. The molecule has 28 heavy (non-hydrogen) atoms. The van der Waals surface area contributed by atoms with E-state index in [2.05, 4.69) is 72.3 Å². The molecule has 0 aliphatic heterocycles. The molecular weight excluding hydrogens is 465 g/mol. The molecule has 1 rings (SSSR count). The lowest BCUT2D eigenvalue weighted by Gasteiger charge is -2.20. The Bertz CT molecular complexity index is 532. The first-order chi connectivity index (χ1) is 13.0. The number of rotatable bonds is 12.